The first-order valence-corrected chi connectivity index (χ1v) is 34.3. The van der Waals surface area contributed by atoms with Gasteiger partial charge in [-0.3, -0.25) is 0 Å². The molecular formula is C90H55B2N5O3. The Labute approximate surface area is 576 Å². The van der Waals surface area contributed by atoms with Crippen molar-refractivity contribution < 1.29 is 13.3 Å². The van der Waals surface area contributed by atoms with Gasteiger partial charge in [0.1, 0.15) is 27.9 Å². The Morgan fingerprint density at radius 3 is 1.40 bits per heavy atom. The van der Waals surface area contributed by atoms with E-state index in [4.69, 9.17) is 13.3 Å². The molecule has 4 aliphatic rings. The number of fused-ring (bicyclic) bond motifs is 17. The van der Waals surface area contributed by atoms with E-state index in [2.05, 4.69) is 346 Å². The van der Waals surface area contributed by atoms with E-state index in [0.29, 0.717) is 0 Å². The minimum Gasteiger partial charge on any atom is -0.456 e. The van der Waals surface area contributed by atoms with Gasteiger partial charge in [-0.1, -0.05) is 182 Å². The summed E-state index contributed by atoms with van der Waals surface area (Å²) in [7, 11) is 0. The average molecular weight is 1280 g/mol. The van der Waals surface area contributed by atoms with Crippen LogP contribution in [0.25, 0.3) is 76.9 Å². The molecule has 22 rings (SSSR count). The Balaban J connectivity index is 0.786. The van der Waals surface area contributed by atoms with Crippen LogP contribution < -0.4 is 57.3 Å². The lowest BCUT2D eigenvalue weighted by Gasteiger charge is -2.45. The van der Waals surface area contributed by atoms with Crippen LogP contribution in [0.2, 0.25) is 0 Å². The lowest BCUT2D eigenvalue weighted by atomic mass is 9.33. The predicted octanol–water partition coefficient (Wildman–Crippen LogP) is 20.7. The third-order valence-electron chi connectivity index (χ3n) is 21.4. The Bertz CT molecular complexity index is 6440. The largest absolute Gasteiger partial charge is 0.456 e. The van der Waals surface area contributed by atoms with Gasteiger partial charge in [0.2, 0.25) is 0 Å². The molecule has 0 N–H and O–H groups in total. The zero-order chi connectivity index (χ0) is 65.3. The van der Waals surface area contributed by atoms with Crippen molar-refractivity contribution in [2.24, 2.45) is 0 Å². The summed E-state index contributed by atoms with van der Waals surface area (Å²) in [5.74, 6) is 0. The van der Waals surface area contributed by atoms with E-state index in [0.717, 1.165) is 162 Å². The first-order chi connectivity index (χ1) is 49.6. The maximum Gasteiger partial charge on any atom is 0.252 e. The standard InChI is InChI=1S/C90H55B2N5O3/c1-4-22-58(23-5-1)93(61-45-49-86-69(53-61)66-30-12-18-40-84(66)98-86)62-44-47-72-80(54-62)95(60-26-8-3-9-27-60)82-52-57(51-81-89(82)91(72)70-32-13-15-34-74(70)94(81)59-24-6-2-7-25-59)56-42-48-76-73(50-56)92-71-33-14-16-35-75(71)96(63-43-46-67-64-28-10-17-39-83(64)99-87(67)55-63)77-36-21-37-78(88(77)92)97(76)79-38-20-31-68-65-29-11-19-41-85(65)100-90(68)79/h1-55H. The number of anilines is 15. The molecule has 0 amide bonds. The monoisotopic (exact) mass is 1280 g/mol. The van der Waals surface area contributed by atoms with Gasteiger partial charge in [0.05, 0.1) is 5.69 Å². The molecule has 0 bridgehead atoms. The smallest absolute Gasteiger partial charge is 0.252 e. The maximum atomic E-state index is 7.02. The number of hydrogen-bond donors (Lipinski definition) is 0. The Kier molecular flexibility index (Phi) is 11.6. The highest BCUT2D eigenvalue weighted by Crippen LogP contribution is 2.52. The van der Waals surface area contributed by atoms with Gasteiger partial charge >= 0.3 is 0 Å². The van der Waals surface area contributed by atoms with Crippen molar-refractivity contribution >= 4 is 197 Å². The number of para-hydroxylation sites is 9. The lowest BCUT2D eigenvalue weighted by Crippen LogP contribution is -2.61. The zero-order valence-corrected chi connectivity index (χ0v) is 53.9. The van der Waals surface area contributed by atoms with Gasteiger partial charge < -0.3 is 37.8 Å². The highest BCUT2D eigenvalue weighted by atomic mass is 16.3. The molecule has 8 nitrogen and oxygen atoms in total. The molecule has 100 heavy (non-hydrogen) atoms. The number of benzene rings is 15. The molecule has 464 valence electrons. The van der Waals surface area contributed by atoms with Crippen LogP contribution in [0.3, 0.4) is 0 Å². The minimum atomic E-state index is -0.172. The predicted molar refractivity (Wildman–Crippen MR) is 416 cm³/mol. The number of nitrogens with zero attached hydrogens (tertiary/aromatic N) is 5. The van der Waals surface area contributed by atoms with Crippen molar-refractivity contribution in [3.63, 3.8) is 0 Å². The molecule has 10 heteroatoms. The molecule has 7 heterocycles. The second-order valence-electron chi connectivity index (χ2n) is 26.6. The number of hydrogen-bond acceptors (Lipinski definition) is 8. The van der Waals surface area contributed by atoms with Crippen molar-refractivity contribution in [1.82, 2.24) is 0 Å². The molecule has 0 fully saturated rings. The van der Waals surface area contributed by atoms with Crippen molar-refractivity contribution in [2.45, 2.75) is 0 Å². The third-order valence-corrected chi connectivity index (χ3v) is 21.4. The van der Waals surface area contributed by atoms with Crippen LogP contribution in [-0.4, -0.2) is 13.4 Å². The van der Waals surface area contributed by atoms with Gasteiger partial charge in [-0.15, -0.1) is 0 Å². The fraction of sp³-hybridized carbons (Fsp3) is 0. The van der Waals surface area contributed by atoms with Gasteiger partial charge in [-0.25, -0.2) is 0 Å². The summed E-state index contributed by atoms with van der Waals surface area (Å²) in [6, 6.07) is 122. The summed E-state index contributed by atoms with van der Waals surface area (Å²) in [5, 5.41) is 6.52. The second-order valence-corrected chi connectivity index (χ2v) is 26.6. The van der Waals surface area contributed by atoms with E-state index in [1.165, 1.54) is 32.8 Å². The SMILES string of the molecule is c1ccc(N(c2ccc3c(c2)N(c2ccccc2)c2cc(-c4ccc5c(c4)B4c6ccccc6N(c6ccc7c(c6)oc6ccccc67)c6cccc(c64)N5c4cccc5c4oc4ccccc45)cc4c2B3c2ccccc2N4c2ccccc2)c2ccc3oc4ccccc4c3c2)cc1. The van der Waals surface area contributed by atoms with Crippen molar-refractivity contribution in [3.05, 3.63) is 334 Å². The molecule has 0 saturated heterocycles. The molecule has 0 unspecified atom stereocenters. The lowest BCUT2D eigenvalue weighted by molar-refractivity contribution is 0.668. The van der Waals surface area contributed by atoms with E-state index >= 15 is 0 Å². The summed E-state index contributed by atoms with van der Waals surface area (Å²) < 4.78 is 20.1. The number of furan rings is 3. The molecule has 3 aromatic heterocycles. The van der Waals surface area contributed by atoms with Crippen molar-refractivity contribution in [3.8, 4) is 11.1 Å². The molecule has 4 aliphatic heterocycles. The Hall–Kier alpha value is -13.2. The highest BCUT2D eigenvalue weighted by Gasteiger charge is 2.46. The van der Waals surface area contributed by atoms with Gasteiger partial charge in [0.15, 0.2) is 5.58 Å². The van der Waals surface area contributed by atoms with E-state index in [9.17, 15) is 0 Å². The van der Waals surface area contributed by atoms with Crippen LogP contribution in [0.1, 0.15) is 0 Å². The van der Waals surface area contributed by atoms with E-state index in [1.807, 2.05) is 12.1 Å². The van der Waals surface area contributed by atoms with Crippen molar-refractivity contribution in [2.75, 3.05) is 24.5 Å². The first kappa shape index (κ1) is 55.0. The van der Waals surface area contributed by atoms with Crippen molar-refractivity contribution in [1.29, 1.82) is 0 Å². The quantitative estimate of drug-likeness (QED) is 0.140. The number of rotatable bonds is 8. The third kappa shape index (κ3) is 7.95. The molecule has 18 aromatic rings. The van der Waals surface area contributed by atoms with Gasteiger partial charge in [-0.2, -0.15) is 0 Å². The maximum absolute atomic E-state index is 7.02. The molecular weight excluding hydrogens is 1220 g/mol. The molecule has 0 radical (unpaired) electrons. The normalized spacial score (nSPS) is 13.3. The summed E-state index contributed by atoms with van der Waals surface area (Å²) >= 11 is 0. The Morgan fingerprint density at radius 2 is 0.690 bits per heavy atom. The van der Waals surface area contributed by atoms with E-state index in [1.54, 1.807) is 0 Å². The first-order valence-electron chi connectivity index (χ1n) is 34.3. The summed E-state index contributed by atoms with van der Waals surface area (Å²) in [5.41, 5.74) is 30.9. The van der Waals surface area contributed by atoms with Gasteiger partial charge in [0, 0.05) is 118 Å². The van der Waals surface area contributed by atoms with Gasteiger partial charge in [0.25, 0.3) is 13.4 Å². The van der Waals surface area contributed by atoms with E-state index < -0.39 is 0 Å². The fourth-order valence-electron chi connectivity index (χ4n) is 17.2. The molecule has 0 saturated carbocycles. The Morgan fingerprint density at radius 1 is 0.220 bits per heavy atom. The molecule has 0 atom stereocenters. The van der Waals surface area contributed by atoms with Crippen LogP contribution in [0.15, 0.2) is 347 Å². The summed E-state index contributed by atoms with van der Waals surface area (Å²) in [6.45, 7) is -0.297. The van der Waals surface area contributed by atoms with Crippen LogP contribution in [0.5, 0.6) is 0 Å². The zero-order valence-electron chi connectivity index (χ0n) is 53.9. The van der Waals surface area contributed by atoms with Crippen LogP contribution in [-0.2, 0) is 0 Å². The minimum absolute atomic E-state index is 0.125. The van der Waals surface area contributed by atoms with Crippen LogP contribution >= 0.6 is 0 Å². The average Bonchev–Trinajstić information content (AvgIpc) is 0.844. The van der Waals surface area contributed by atoms with E-state index in [-0.39, 0.29) is 13.4 Å². The van der Waals surface area contributed by atoms with Crippen LogP contribution in [0.4, 0.5) is 85.3 Å². The molecule has 15 aromatic carbocycles. The topological polar surface area (TPSA) is 55.6 Å². The summed E-state index contributed by atoms with van der Waals surface area (Å²) in [4.78, 5) is 12.4. The fourth-order valence-corrected chi connectivity index (χ4v) is 17.2. The second kappa shape index (κ2) is 21.2. The van der Waals surface area contributed by atoms with Gasteiger partial charge in [-0.05, 0) is 189 Å². The highest BCUT2D eigenvalue weighted by molar-refractivity contribution is 7.01. The molecule has 0 spiro atoms. The summed E-state index contributed by atoms with van der Waals surface area (Å²) in [6.07, 6.45) is 0. The molecule has 0 aliphatic carbocycles. The van der Waals surface area contributed by atoms with Crippen LogP contribution in [0, 0.1) is 0 Å².